The average molecular weight is 545 g/mol. The molecule has 210 valence electrons. The molecule has 1 atom stereocenters. The van der Waals surface area contributed by atoms with Gasteiger partial charge in [-0.1, -0.05) is 45.0 Å². The summed E-state index contributed by atoms with van der Waals surface area (Å²) in [6.45, 7) is 8.14. The number of aromatic nitrogens is 4. The molecule has 0 saturated carbocycles. The maximum absolute atomic E-state index is 13.5. The Balaban J connectivity index is 1.36. The molecule has 1 fully saturated rings. The van der Waals surface area contributed by atoms with Crippen LogP contribution < -0.4 is 15.4 Å². The Labute approximate surface area is 234 Å². The lowest BCUT2D eigenvalue weighted by atomic mass is 9.98. The maximum atomic E-state index is 13.5. The number of benzene rings is 2. The van der Waals surface area contributed by atoms with Gasteiger partial charge in [0.25, 0.3) is 5.56 Å². The second kappa shape index (κ2) is 11.6. The summed E-state index contributed by atoms with van der Waals surface area (Å²) in [5.41, 5.74) is 2.62. The minimum Gasteiger partial charge on any atom is -0.342 e. The number of hydrogen-bond donors (Lipinski definition) is 0. The van der Waals surface area contributed by atoms with E-state index in [-0.39, 0.29) is 29.2 Å². The molecular formula is C31H37FN6O2. The molecule has 0 amide bonds. The van der Waals surface area contributed by atoms with Gasteiger partial charge in [0.2, 0.25) is 17.8 Å². The molecule has 3 heterocycles. The number of para-hydroxylation sites is 2. The third-order valence-corrected chi connectivity index (χ3v) is 7.79. The first-order valence-corrected chi connectivity index (χ1v) is 14.0. The molecule has 2 aromatic heterocycles. The molecule has 1 aliphatic rings. The van der Waals surface area contributed by atoms with E-state index < -0.39 is 0 Å². The largest absolute Gasteiger partial charge is 0.342 e. The molecule has 0 radical (unpaired) electrons. The molecule has 2 aromatic carbocycles. The molecule has 40 heavy (non-hydrogen) atoms. The van der Waals surface area contributed by atoms with Crippen LogP contribution in [0.4, 0.5) is 16.3 Å². The summed E-state index contributed by atoms with van der Waals surface area (Å²) in [5, 5.41) is 0. The molecule has 9 heteroatoms. The van der Waals surface area contributed by atoms with Gasteiger partial charge in [-0.2, -0.15) is 0 Å². The van der Waals surface area contributed by atoms with Gasteiger partial charge in [0.1, 0.15) is 5.82 Å². The number of carbonyl (C=O) groups is 1. The predicted molar refractivity (Wildman–Crippen MR) is 157 cm³/mol. The van der Waals surface area contributed by atoms with Crippen LogP contribution in [-0.2, 0) is 6.54 Å². The van der Waals surface area contributed by atoms with Crippen molar-refractivity contribution in [3.63, 3.8) is 0 Å². The second-order valence-corrected chi connectivity index (χ2v) is 11.2. The first kappa shape index (κ1) is 27.6. The zero-order chi connectivity index (χ0) is 28.4. The Morgan fingerprint density at radius 3 is 2.45 bits per heavy atom. The maximum Gasteiger partial charge on any atom is 0.261 e. The van der Waals surface area contributed by atoms with E-state index in [9.17, 15) is 14.0 Å². The number of rotatable bonds is 8. The molecule has 1 aliphatic heterocycles. The Morgan fingerprint density at radius 1 is 1.05 bits per heavy atom. The molecule has 0 N–H and O–H groups in total. The van der Waals surface area contributed by atoms with Gasteiger partial charge in [-0.3, -0.25) is 9.59 Å². The van der Waals surface area contributed by atoms with Crippen molar-refractivity contribution in [2.24, 2.45) is 11.8 Å². The number of halogens is 1. The van der Waals surface area contributed by atoms with Crippen LogP contribution in [0, 0.1) is 17.7 Å². The fourth-order valence-corrected chi connectivity index (χ4v) is 5.73. The van der Waals surface area contributed by atoms with Crippen LogP contribution in [0.1, 0.15) is 50.4 Å². The van der Waals surface area contributed by atoms with Crippen LogP contribution in [0.3, 0.4) is 0 Å². The smallest absolute Gasteiger partial charge is 0.261 e. The quantitative estimate of drug-likeness (QED) is 0.303. The van der Waals surface area contributed by atoms with Crippen LogP contribution in [0.15, 0.2) is 65.6 Å². The number of imidazole rings is 1. The Hall–Kier alpha value is -4.01. The van der Waals surface area contributed by atoms with E-state index >= 15 is 0 Å². The number of fused-ring (bicyclic) bond motifs is 1. The summed E-state index contributed by atoms with van der Waals surface area (Å²) in [7, 11) is 1.92. The van der Waals surface area contributed by atoms with E-state index in [4.69, 9.17) is 4.98 Å². The van der Waals surface area contributed by atoms with Crippen molar-refractivity contribution >= 4 is 28.8 Å². The van der Waals surface area contributed by atoms with Gasteiger partial charge in [-0.05, 0) is 55.0 Å². The van der Waals surface area contributed by atoms with E-state index in [1.807, 2.05) is 49.2 Å². The summed E-state index contributed by atoms with van der Waals surface area (Å²) in [5.74, 6) is 0.906. The van der Waals surface area contributed by atoms with Crippen molar-refractivity contribution in [1.29, 1.82) is 0 Å². The number of piperidine rings is 1. The van der Waals surface area contributed by atoms with E-state index in [0.29, 0.717) is 24.8 Å². The number of nitrogens with zero attached hydrogens (tertiary/aromatic N) is 6. The Morgan fingerprint density at radius 2 is 1.75 bits per heavy atom. The monoisotopic (exact) mass is 544 g/mol. The summed E-state index contributed by atoms with van der Waals surface area (Å²) < 4.78 is 17.0. The zero-order valence-electron chi connectivity index (χ0n) is 23.6. The lowest BCUT2D eigenvalue weighted by molar-refractivity contribution is 0.0824. The van der Waals surface area contributed by atoms with E-state index in [0.717, 1.165) is 48.5 Å². The minimum absolute atomic E-state index is 0.111. The highest BCUT2D eigenvalue weighted by molar-refractivity contribution is 5.83. The Bertz CT molecular complexity index is 1540. The van der Waals surface area contributed by atoms with Crippen LogP contribution in [0.25, 0.3) is 11.0 Å². The third kappa shape index (κ3) is 5.64. The topological polar surface area (TPSA) is 76.3 Å². The molecule has 0 spiro atoms. The third-order valence-electron chi connectivity index (χ3n) is 7.79. The van der Waals surface area contributed by atoms with Crippen molar-refractivity contribution in [2.75, 3.05) is 29.9 Å². The van der Waals surface area contributed by atoms with E-state index in [2.05, 4.69) is 34.4 Å². The van der Waals surface area contributed by atoms with Crippen molar-refractivity contribution < 1.29 is 9.18 Å². The van der Waals surface area contributed by atoms with Gasteiger partial charge >= 0.3 is 0 Å². The highest BCUT2D eigenvalue weighted by Gasteiger charge is 2.30. The van der Waals surface area contributed by atoms with Gasteiger partial charge in [0.15, 0.2) is 0 Å². The van der Waals surface area contributed by atoms with Crippen molar-refractivity contribution in [2.45, 2.75) is 52.6 Å². The van der Waals surface area contributed by atoms with Crippen LogP contribution >= 0.6 is 0 Å². The SMILES string of the molecule is CC(C)CC(C)C(=O)n1c(N(C)C2CCN(c3nc4ccccc4n3Cc3ccc(F)cc3)CC2)nccc1=O. The molecule has 1 saturated heterocycles. The van der Waals surface area contributed by atoms with Crippen molar-refractivity contribution in [3.05, 3.63) is 82.5 Å². The number of carbonyl (C=O) groups excluding carboxylic acids is 1. The summed E-state index contributed by atoms with van der Waals surface area (Å²) in [6.07, 6.45) is 3.83. The van der Waals surface area contributed by atoms with Crippen LogP contribution in [0.2, 0.25) is 0 Å². The van der Waals surface area contributed by atoms with Gasteiger partial charge in [0, 0.05) is 44.4 Å². The fourth-order valence-electron chi connectivity index (χ4n) is 5.73. The minimum atomic E-state index is -0.343. The second-order valence-electron chi connectivity index (χ2n) is 11.2. The molecule has 4 aromatic rings. The predicted octanol–water partition coefficient (Wildman–Crippen LogP) is 5.21. The number of hydrogen-bond acceptors (Lipinski definition) is 6. The molecule has 8 nitrogen and oxygen atoms in total. The first-order valence-electron chi connectivity index (χ1n) is 14.0. The summed E-state index contributed by atoms with van der Waals surface area (Å²) >= 11 is 0. The average Bonchev–Trinajstić information content (AvgIpc) is 3.31. The van der Waals surface area contributed by atoms with Gasteiger partial charge in [-0.25, -0.2) is 18.9 Å². The highest BCUT2D eigenvalue weighted by atomic mass is 19.1. The molecular weight excluding hydrogens is 507 g/mol. The normalized spacial score (nSPS) is 15.1. The summed E-state index contributed by atoms with van der Waals surface area (Å²) in [6, 6.07) is 16.1. The molecule has 1 unspecified atom stereocenters. The lowest BCUT2D eigenvalue weighted by Crippen LogP contribution is -2.47. The fraction of sp³-hybridized carbons (Fsp3) is 0.419. The van der Waals surface area contributed by atoms with Crippen LogP contribution in [0.5, 0.6) is 0 Å². The van der Waals surface area contributed by atoms with E-state index in [1.165, 1.54) is 29.0 Å². The van der Waals surface area contributed by atoms with Crippen molar-refractivity contribution in [1.82, 2.24) is 19.1 Å². The molecule has 0 bridgehead atoms. The number of anilines is 2. The zero-order valence-corrected chi connectivity index (χ0v) is 23.6. The Kier molecular flexibility index (Phi) is 8.00. The molecule has 0 aliphatic carbocycles. The van der Waals surface area contributed by atoms with Gasteiger partial charge in [0.05, 0.1) is 17.6 Å². The van der Waals surface area contributed by atoms with Gasteiger partial charge < -0.3 is 14.4 Å². The molecule has 5 rings (SSSR count). The highest BCUT2D eigenvalue weighted by Crippen LogP contribution is 2.28. The van der Waals surface area contributed by atoms with Gasteiger partial charge in [-0.15, -0.1) is 0 Å². The first-order chi connectivity index (χ1) is 19.2. The standard InChI is InChI=1S/C31H37FN6O2/c1-21(2)19-22(3)29(40)38-28(39)13-16-33-30(38)35(4)25-14-17-36(18-15-25)31-34-26-7-5-6-8-27(26)37(31)20-23-9-11-24(32)12-10-23/h5-13,16,21-22,25H,14-15,17-20H2,1-4H3. The van der Waals surface area contributed by atoms with E-state index in [1.54, 1.807) is 0 Å². The lowest BCUT2D eigenvalue weighted by Gasteiger charge is -2.38. The van der Waals surface area contributed by atoms with Crippen LogP contribution in [-0.4, -0.2) is 51.2 Å². The summed E-state index contributed by atoms with van der Waals surface area (Å²) in [4.78, 5) is 39.8. The van der Waals surface area contributed by atoms with Crippen molar-refractivity contribution in [3.8, 4) is 0 Å².